The Morgan fingerprint density at radius 2 is 1.70 bits per heavy atom. The molecule has 0 aromatic carbocycles. The smallest absolute Gasteiger partial charge is 0.243 e. The van der Waals surface area contributed by atoms with Crippen molar-refractivity contribution >= 4 is 11.8 Å². The van der Waals surface area contributed by atoms with Gasteiger partial charge in [-0.25, -0.2) is 0 Å². The quantitative estimate of drug-likeness (QED) is 0.723. The Labute approximate surface area is 165 Å². The molecular formula is C22H39N3O2. The summed E-state index contributed by atoms with van der Waals surface area (Å²) in [4.78, 5) is 30.3. The van der Waals surface area contributed by atoms with Crippen LogP contribution in [0.25, 0.3) is 0 Å². The normalized spacial score (nSPS) is 26.7. The second kappa shape index (κ2) is 8.50. The van der Waals surface area contributed by atoms with Crippen molar-refractivity contribution in [1.82, 2.24) is 15.1 Å². The van der Waals surface area contributed by atoms with Gasteiger partial charge in [0, 0.05) is 18.6 Å². The standard InChI is InChI=1S/C22H39N3O2/c1-16(2)24-14-9-18(10-15-24)8-13-23-20(26)19-22(11-6-5-7-12-22)21(27)25(19)17(3)4/h16-19H,5-15H2,1-4H3,(H,23,26). The molecule has 1 atom stereocenters. The Kier molecular flexibility index (Phi) is 6.50. The van der Waals surface area contributed by atoms with E-state index in [4.69, 9.17) is 0 Å². The monoisotopic (exact) mass is 377 g/mol. The van der Waals surface area contributed by atoms with Gasteiger partial charge < -0.3 is 15.1 Å². The Morgan fingerprint density at radius 3 is 2.26 bits per heavy atom. The number of nitrogens with one attached hydrogen (secondary N) is 1. The SMILES string of the molecule is CC(C)N1CCC(CCNC(=O)C2N(C(C)C)C(=O)C23CCCCC3)CC1. The number of piperidine rings is 1. The van der Waals surface area contributed by atoms with Gasteiger partial charge in [0.2, 0.25) is 11.8 Å². The van der Waals surface area contributed by atoms with Gasteiger partial charge in [0.05, 0.1) is 5.41 Å². The van der Waals surface area contributed by atoms with E-state index < -0.39 is 5.41 Å². The summed E-state index contributed by atoms with van der Waals surface area (Å²) >= 11 is 0. The molecule has 5 nitrogen and oxygen atoms in total. The summed E-state index contributed by atoms with van der Waals surface area (Å²) in [6.45, 7) is 11.7. The van der Waals surface area contributed by atoms with E-state index in [1.807, 2.05) is 18.7 Å². The Balaban J connectivity index is 1.51. The van der Waals surface area contributed by atoms with Crippen molar-refractivity contribution in [2.24, 2.45) is 11.3 Å². The zero-order valence-corrected chi connectivity index (χ0v) is 17.8. The highest BCUT2D eigenvalue weighted by atomic mass is 16.2. The van der Waals surface area contributed by atoms with E-state index in [9.17, 15) is 9.59 Å². The first-order valence-electron chi connectivity index (χ1n) is 11.2. The molecule has 3 aliphatic rings. The molecule has 1 saturated carbocycles. The van der Waals surface area contributed by atoms with Crippen LogP contribution in [0.2, 0.25) is 0 Å². The van der Waals surface area contributed by atoms with Crippen molar-refractivity contribution in [2.45, 2.75) is 97.2 Å². The molecule has 1 aliphatic carbocycles. The second-order valence-corrected chi connectivity index (χ2v) is 9.58. The van der Waals surface area contributed by atoms with Gasteiger partial charge in [-0.3, -0.25) is 9.59 Å². The van der Waals surface area contributed by atoms with Crippen molar-refractivity contribution in [2.75, 3.05) is 19.6 Å². The maximum absolute atomic E-state index is 13.0. The minimum absolute atomic E-state index is 0.0878. The van der Waals surface area contributed by atoms with Crippen LogP contribution in [-0.2, 0) is 9.59 Å². The molecule has 2 heterocycles. The van der Waals surface area contributed by atoms with E-state index in [1.165, 1.54) is 32.4 Å². The number of rotatable bonds is 6. The molecule has 0 aromatic heterocycles. The van der Waals surface area contributed by atoms with Crippen molar-refractivity contribution in [1.29, 1.82) is 0 Å². The van der Waals surface area contributed by atoms with Crippen molar-refractivity contribution in [3.8, 4) is 0 Å². The van der Waals surface area contributed by atoms with Crippen molar-refractivity contribution in [3.05, 3.63) is 0 Å². The average Bonchev–Trinajstić information content (AvgIpc) is 2.66. The molecule has 2 saturated heterocycles. The van der Waals surface area contributed by atoms with Gasteiger partial charge in [0.15, 0.2) is 0 Å². The van der Waals surface area contributed by atoms with Gasteiger partial charge in [-0.05, 0) is 78.8 Å². The van der Waals surface area contributed by atoms with E-state index in [0.29, 0.717) is 12.0 Å². The van der Waals surface area contributed by atoms with Gasteiger partial charge in [-0.2, -0.15) is 0 Å². The van der Waals surface area contributed by atoms with E-state index in [0.717, 1.165) is 38.6 Å². The highest BCUT2D eigenvalue weighted by Gasteiger charge is 2.63. The van der Waals surface area contributed by atoms with Crippen LogP contribution in [0.4, 0.5) is 0 Å². The van der Waals surface area contributed by atoms with Gasteiger partial charge in [0.25, 0.3) is 0 Å². The number of nitrogens with zero attached hydrogens (tertiary/aromatic N) is 2. The summed E-state index contributed by atoms with van der Waals surface area (Å²) in [5.74, 6) is 1.02. The summed E-state index contributed by atoms with van der Waals surface area (Å²) in [6.07, 6.45) is 8.66. The zero-order valence-electron chi connectivity index (χ0n) is 17.8. The van der Waals surface area contributed by atoms with Crippen LogP contribution in [0.1, 0.15) is 79.1 Å². The minimum Gasteiger partial charge on any atom is -0.354 e. The lowest BCUT2D eigenvalue weighted by molar-refractivity contribution is -0.185. The van der Waals surface area contributed by atoms with Crippen LogP contribution in [0.3, 0.4) is 0 Å². The number of carbonyl (C=O) groups excluding carboxylic acids is 2. The fourth-order valence-electron chi connectivity index (χ4n) is 5.53. The second-order valence-electron chi connectivity index (χ2n) is 9.58. The molecule has 1 N–H and O–H groups in total. The predicted octanol–water partition coefficient (Wildman–Crippen LogP) is 3.18. The van der Waals surface area contributed by atoms with Crippen LogP contribution < -0.4 is 5.32 Å². The Hall–Kier alpha value is -1.10. The fourth-order valence-corrected chi connectivity index (χ4v) is 5.53. The molecule has 0 radical (unpaired) electrons. The summed E-state index contributed by atoms with van der Waals surface area (Å²) in [7, 11) is 0. The van der Waals surface area contributed by atoms with E-state index in [1.54, 1.807) is 0 Å². The number of β-lactam (4-membered cyclic amide) rings is 1. The summed E-state index contributed by atoms with van der Waals surface area (Å²) in [6, 6.07) is 0.491. The highest BCUT2D eigenvalue weighted by Crippen LogP contribution is 2.51. The molecule has 27 heavy (non-hydrogen) atoms. The van der Waals surface area contributed by atoms with E-state index >= 15 is 0 Å². The van der Waals surface area contributed by atoms with Gasteiger partial charge >= 0.3 is 0 Å². The first-order chi connectivity index (χ1) is 12.9. The molecule has 3 rings (SSSR count). The lowest BCUT2D eigenvalue weighted by atomic mass is 9.61. The van der Waals surface area contributed by atoms with Crippen LogP contribution in [-0.4, -0.2) is 59.4 Å². The molecule has 2 aliphatic heterocycles. The Bertz CT molecular complexity index is 532. The molecule has 154 valence electrons. The third-order valence-corrected chi connectivity index (χ3v) is 7.24. The van der Waals surface area contributed by atoms with Gasteiger partial charge in [-0.15, -0.1) is 0 Å². The van der Waals surface area contributed by atoms with Crippen LogP contribution in [0.15, 0.2) is 0 Å². The lowest BCUT2D eigenvalue weighted by Crippen LogP contribution is -2.75. The molecule has 1 spiro atoms. The average molecular weight is 378 g/mol. The minimum atomic E-state index is -0.394. The fraction of sp³-hybridized carbons (Fsp3) is 0.909. The highest BCUT2D eigenvalue weighted by molar-refractivity contribution is 6.02. The Morgan fingerprint density at radius 1 is 1.07 bits per heavy atom. The van der Waals surface area contributed by atoms with Gasteiger partial charge in [-0.1, -0.05) is 19.3 Å². The third-order valence-electron chi connectivity index (χ3n) is 7.24. The van der Waals surface area contributed by atoms with Crippen LogP contribution in [0.5, 0.6) is 0 Å². The molecule has 1 unspecified atom stereocenters. The number of carbonyl (C=O) groups is 2. The van der Waals surface area contributed by atoms with E-state index in [2.05, 4.69) is 24.1 Å². The molecular weight excluding hydrogens is 338 g/mol. The molecule has 3 fully saturated rings. The maximum atomic E-state index is 13.0. The number of hydrogen-bond acceptors (Lipinski definition) is 3. The maximum Gasteiger partial charge on any atom is 0.243 e. The third kappa shape index (κ3) is 4.03. The van der Waals surface area contributed by atoms with E-state index in [-0.39, 0.29) is 23.9 Å². The predicted molar refractivity (Wildman–Crippen MR) is 108 cm³/mol. The summed E-state index contributed by atoms with van der Waals surface area (Å²) in [5, 5.41) is 3.20. The molecule has 2 amide bonds. The van der Waals surface area contributed by atoms with Crippen LogP contribution in [0, 0.1) is 11.3 Å². The number of hydrogen-bond donors (Lipinski definition) is 1. The lowest BCUT2D eigenvalue weighted by Gasteiger charge is -2.58. The topological polar surface area (TPSA) is 52.7 Å². The van der Waals surface area contributed by atoms with Crippen LogP contribution >= 0.6 is 0 Å². The van der Waals surface area contributed by atoms with Gasteiger partial charge in [0.1, 0.15) is 6.04 Å². The molecule has 0 aromatic rings. The van der Waals surface area contributed by atoms with Crippen molar-refractivity contribution < 1.29 is 9.59 Å². The first kappa shape index (κ1) is 20.6. The number of likely N-dealkylation sites (tertiary alicyclic amines) is 2. The number of amides is 2. The molecule has 5 heteroatoms. The largest absolute Gasteiger partial charge is 0.354 e. The zero-order chi connectivity index (χ0) is 19.6. The van der Waals surface area contributed by atoms with Crippen molar-refractivity contribution in [3.63, 3.8) is 0 Å². The molecule has 0 bridgehead atoms. The summed E-state index contributed by atoms with van der Waals surface area (Å²) in [5.41, 5.74) is -0.394. The first-order valence-corrected chi connectivity index (χ1v) is 11.2. The summed E-state index contributed by atoms with van der Waals surface area (Å²) < 4.78 is 0.